The Hall–Kier alpha value is -1.28. The maximum absolute atomic E-state index is 11.3. The molecule has 464 valence electrons. The monoisotopic (exact) mass is 1170 g/mol. The smallest absolute Gasteiger partial charge is 0.187 e. The van der Waals surface area contributed by atoms with Crippen LogP contribution in [0.15, 0.2) is 0 Å². The fourth-order valence-corrected chi connectivity index (χ4v) is 11.7. The summed E-state index contributed by atoms with van der Waals surface area (Å²) in [5.74, 6) is 0. The largest absolute Gasteiger partial charge is 0.387 e. The zero-order chi connectivity index (χ0) is 58.4. The van der Waals surface area contributed by atoms with E-state index in [9.17, 15) is 81.7 Å². The van der Waals surface area contributed by atoms with Crippen LogP contribution >= 0.6 is 0 Å². The molecule has 0 aromatic carbocycles. The van der Waals surface area contributed by atoms with Crippen molar-refractivity contribution in [1.29, 1.82) is 0 Å². The van der Waals surface area contributed by atoms with Gasteiger partial charge in [-0.05, 0) is 55.4 Å². The lowest BCUT2D eigenvalue weighted by Crippen LogP contribution is -2.67. The van der Waals surface area contributed by atoms with Gasteiger partial charge in [0.1, 0.15) is 146 Å². The molecule has 30 heterocycles. The van der Waals surface area contributed by atoms with Crippen molar-refractivity contribution in [3.63, 3.8) is 0 Å². The van der Waals surface area contributed by atoms with E-state index in [2.05, 4.69) is 0 Å². The average molecular weight is 1170 g/mol. The van der Waals surface area contributed by atoms with Crippen LogP contribution in [0.5, 0.6) is 0 Å². The van der Waals surface area contributed by atoms with Crippen LogP contribution < -0.4 is 0 Å². The summed E-state index contributed by atoms with van der Waals surface area (Å²) in [6.07, 6.45) is -64.9. The minimum atomic E-state index is -1.92. The molecule has 30 saturated heterocycles. The van der Waals surface area contributed by atoms with Crippen LogP contribution in [0.3, 0.4) is 0 Å². The highest BCUT2D eigenvalue weighted by molar-refractivity contribution is 5.00. The molecule has 0 saturated carbocycles. The molecule has 32 nitrogen and oxygen atoms in total. The van der Waals surface area contributed by atoms with Crippen molar-refractivity contribution in [2.24, 2.45) is 0 Å². The third-order valence-electron chi connectivity index (χ3n) is 16.5. The number of ether oxygens (including phenoxy) is 16. The van der Waals surface area contributed by atoms with Crippen LogP contribution in [0.1, 0.15) is 55.4 Å². The average Bonchev–Trinajstić information content (AvgIpc) is 3.41. The SMILES string of the molecule is CC1O[C@@H]2O[C@@H]3C(C)O[C@H](O[C@@H]4C(C)O[C@H](O[C@@H]5C(C)O[C@H](O[C@@H]6C(C)O[C@@H](O[C@@H]7C(C)O[C@H](O[C@@H]8C(C)O[C@H](O[C@@H]9C(C)O[C@H](O[C@H]1[C@H](O)C2O)C(O)[C@H]9O)C(O)[C@H]8O)C(O)[C@H]7O)C(O)[C@H]6O)C(O)[C@H]5O)C(O)[C@H]4O)C(O)[C@H]3O. The number of aliphatic hydroxyl groups is 16. The molecule has 16 bridgehead atoms. The molecule has 0 aliphatic carbocycles. The summed E-state index contributed by atoms with van der Waals surface area (Å²) in [5.41, 5.74) is 0. The van der Waals surface area contributed by atoms with E-state index in [1.807, 2.05) is 0 Å². The molecular formula is C48H80O32. The summed E-state index contributed by atoms with van der Waals surface area (Å²) in [7, 11) is 0. The zero-order valence-electron chi connectivity index (χ0n) is 44.8. The molecule has 16 N–H and O–H groups in total. The van der Waals surface area contributed by atoms with Gasteiger partial charge >= 0.3 is 0 Å². The molecule has 0 aromatic rings. The van der Waals surface area contributed by atoms with Crippen molar-refractivity contribution in [1.82, 2.24) is 0 Å². The maximum Gasteiger partial charge on any atom is 0.187 e. The van der Waals surface area contributed by atoms with Gasteiger partial charge in [-0.1, -0.05) is 0 Å². The Morgan fingerprint density at radius 1 is 0.138 bits per heavy atom. The summed E-state index contributed by atoms with van der Waals surface area (Å²) >= 11 is 0. The van der Waals surface area contributed by atoms with Crippen LogP contribution in [0.2, 0.25) is 0 Å². The second kappa shape index (κ2) is 25.2. The summed E-state index contributed by atoms with van der Waals surface area (Å²) in [6, 6.07) is 0. The highest BCUT2D eigenvalue weighted by Crippen LogP contribution is 2.39. The third-order valence-corrected chi connectivity index (χ3v) is 16.5. The van der Waals surface area contributed by atoms with Crippen LogP contribution in [0.25, 0.3) is 0 Å². The Labute approximate surface area is 457 Å². The van der Waals surface area contributed by atoms with E-state index in [0.29, 0.717) is 0 Å². The summed E-state index contributed by atoms with van der Waals surface area (Å²) in [6.45, 7) is 11.3. The molecule has 32 heteroatoms. The number of hydrogen-bond acceptors (Lipinski definition) is 32. The van der Waals surface area contributed by atoms with E-state index in [0.717, 1.165) is 0 Å². The molecular weight excluding hydrogens is 1090 g/mol. The fourth-order valence-electron chi connectivity index (χ4n) is 11.7. The predicted molar refractivity (Wildman–Crippen MR) is 250 cm³/mol. The van der Waals surface area contributed by atoms with E-state index in [1.54, 1.807) is 0 Å². The van der Waals surface area contributed by atoms with Gasteiger partial charge in [0.05, 0.1) is 48.8 Å². The quantitative estimate of drug-likeness (QED) is 0.107. The van der Waals surface area contributed by atoms with E-state index >= 15 is 0 Å². The van der Waals surface area contributed by atoms with Gasteiger partial charge in [0.2, 0.25) is 0 Å². The normalized spacial score (nSPS) is 59.7. The molecule has 30 rings (SSSR count). The molecule has 0 aromatic heterocycles. The van der Waals surface area contributed by atoms with Crippen LogP contribution in [0.4, 0.5) is 0 Å². The van der Waals surface area contributed by atoms with Gasteiger partial charge < -0.3 is 157 Å². The van der Waals surface area contributed by atoms with Gasteiger partial charge in [0.25, 0.3) is 0 Å². The molecule has 30 aliphatic heterocycles. The molecule has 0 amide bonds. The molecule has 30 fully saturated rings. The van der Waals surface area contributed by atoms with Crippen molar-refractivity contribution in [2.45, 2.75) is 301 Å². The van der Waals surface area contributed by atoms with Gasteiger partial charge in [-0.3, -0.25) is 0 Å². The first kappa shape index (κ1) is 63.2. The topological polar surface area (TPSA) is 471 Å². The molecule has 16 unspecified atom stereocenters. The van der Waals surface area contributed by atoms with Crippen molar-refractivity contribution in [3.8, 4) is 0 Å². The highest BCUT2D eigenvalue weighted by Gasteiger charge is 2.58. The lowest BCUT2D eigenvalue weighted by molar-refractivity contribution is -0.397. The van der Waals surface area contributed by atoms with Crippen LogP contribution in [0, 0.1) is 0 Å². The molecule has 80 heavy (non-hydrogen) atoms. The summed E-state index contributed by atoms with van der Waals surface area (Å²) in [4.78, 5) is 0. The van der Waals surface area contributed by atoms with Crippen LogP contribution in [-0.2, 0) is 75.8 Å². The molecule has 40 atom stereocenters. The Morgan fingerprint density at radius 3 is 0.312 bits per heavy atom. The summed E-state index contributed by atoms with van der Waals surface area (Å²) in [5, 5.41) is 181. The van der Waals surface area contributed by atoms with E-state index in [1.165, 1.54) is 55.4 Å². The molecule has 0 spiro atoms. The first-order chi connectivity index (χ1) is 37.6. The van der Waals surface area contributed by atoms with Crippen molar-refractivity contribution >= 4 is 0 Å². The standard InChI is InChI=1S/C48H80O32/c1-9-33-17(49)25(57)41(65-9)74-34-10(2)67-43(27(59)19(34)51)76-36-12(4)69-45(29(61)21(36)53)78-38-14(6)71-47(31(63)23(38)55)80-40-16(8)72-48(32(64)24(40)56)79-39-15(7)70-46(30(62)22(39)54)77-37-13(5)68-44(28(60)20(37)52)75-35-11(3)66-42(73-33)26(58)18(35)50/h9-64H,1-8H3/t9?,10?,11?,12?,13?,14?,15?,16?,17-,18-,19-,20-,21-,22-,23-,24-,25?,26?,27?,28?,29?,30?,31?,32?,33-,34-,35-,36-,37-,38-,39-,40-,41-,42-,43-,44-,45-,46-,47-,48+/m1/s1. The highest BCUT2D eigenvalue weighted by atomic mass is 16.8. The first-order valence-corrected chi connectivity index (χ1v) is 27.0. The van der Waals surface area contributed by atoms with Gasteiger partial charge in [-0.2, -0.15) is 0 Å². The van der Waals surface area contributed by atoms with Crippen molar-refractivity contribution in [3.05, 3.63) is 0 Å². The Morgan fingerprint density at radius 2 is 0.225 bits per heavy atom. The minimum Gasteiger partial charge on any atom is -0.387 e. The third kappa shape index (κ3) is 12.1. The Bertz CT molecular complexity index is 1600. The number of rotatable bonds is 0. The van der Waals surface area contributed by atoms with Crippen LogP contribution in [-0.4, -0.2) is 327 Å². The second-order valence-electron chi connectivity index (χ2n) is 22.3. The lowest BCUT2D eigenvalue weighted by Gasteiger charge is -2.50. The summed E-state index contributed by atoms with van der Waals surface area (Å²) < 4.78 is 94.1. The zero-order valence-corrected chi connectivity index (χ0v) is 44.8. The number of aliphatic hydroxyl groups excluding tert-OH is 16. The van der Waals surface area contributed by atoms with Gasteiger partial charge in [-0.25, -0.2) is 0 Å². The minimum absolute atomic E-state index is 1.17. The predicted octanol–water partition coefficient (Wildman–Crippen LogP) is -9.19. The number of hydrogen-bond donors (Lipinski definition) is 16. The first-order valence-electron chi connectivity index (χ1n) is 27.0. The van der Waals surface area contributed by atoms with E-state index < -0.39 is 246 Å². The van der Waals surface area contributed by atoms with Gasteiger partial charge in [-0.15, -0.1) is 0 Å². The maximum atomic E-state index is 11.3. The van der Waals surface area contributed by atoms with Gasteiger partial charge in [0.15, 0.2) is 50.3 Å². The van der Waals surface area contributed by atoms with E-state index in [4.69, 9.17) is 75.8 Å². The fraction of sp³-hybridized carbons (Fsp3) is 1.00. The van der Waals surface area contributed by atoms with E-state index in [-0.39, 0.29) is 0 Å². The Balaban J connectivity index is 0.924. The second-order valence-corrected chi connectivity index (χ2v) is 22.3. The van der Waals surface area contributed by atoms with Crippen molar-refractivity contribution < 1.29 is 157 Å². The van der Waals surface area contributed by atoms with Crippen molar-refractivity contribution in [2.75, 3.05) is 0 Å². The molecule has 0 radical (unpaired) electrons. The molecule has 30 aliphatic rings. The Kier molecular flexibility index (Phi) is 19.9. The van der Waals surface area contributed by atoms with Gasteiger partial charge in [0, 0.05) is 0 Å². The lowest BCUT2D eigenvalue weighted by atomic mass is 9.95.